The topological polar surface area (TPSA) is 37.3 Å². The van der Waals surface area contributed by atoms with Crippen molar-refractivity contribution < 1.29 is 9.90 Å². The van der Waals surface area contributed by atoms with Crippen molar-refractivity contribution in [2.75, 3.05) is 0 Å². The van der Waals surface area contributed by atoms with Gasteiger partial charge in [0.25, 0.3) is 0 Å². The summed E-state index contributed by atoms with van der Waals surface area (Å²) in [5.41, 5.74) is 0. The molecule has 76 valence electrons. The molecule has 0 amide bonds. The minimum Gasteiger partial charge on any atom is -0.516 e. The SMILES string of the molecule is CCCCCC(=O)CCCC=CO. The van der Waals surface area contributed by atoms with E-state index >= 15 is 0 Å². The predicted molar refractivity (Wildman–Crippen MR) is 54.8 cm³/mol. The van der Waals surface area contributed by atoms with Crippen LogP contribution in [-0.4, -0.2) is 10.9 Å². The van der Waals surface area contributed by atoms with Crippen molar-refractivity contribution in [3.63, 3.8) is 0 Å². The summed E-state index contributed by atoms with van der Waals surface area (Å²) in [6.07, 6.45) is 9.14. The molecule has 0 spiro atoms. The average Bonchev–Trinajstić information content (AvgIpc) is 2.13. The molecule has 0 unspecified atom stereocenters. The molecule has 0 saturated heterocycles. The number of carbonyl (C=O) groups excluding carboxylic acids is 1. The number of rotatable bonds is 8. The summed E-state index contributed by atoms with van der Waals surface area (Å²) in [4.78, 5) is 11.2. The third-order valence-electron chi connectivity index (χ3n) is 1.99. The van der Waals surface area contributed by atoms with E-state index in [1.165, 1.54) is 6.42 Å². The minimum absolute atomic E-state index is 0.361. The highest BCUT2D eigenvalue weighted by atomic mass is 16.2. The average molecular weight is 184 g/mol. The maximum atomic E-state index is 11.2. The first-order valence-electron chi connectivity index (χ1n) is 5.12. The van der Waals surface area contributed by atoms with Gasteiger partial charge < -0.3 is 5.11 Å². The van der Waals surface area contributed by atoms with Gasteiger partial charge in [0.1, 0.15) is 5.78 Å². The lowest BCUT2D eigenvalue weighted by Gasteiger charge is -1.98. The van der Waals surface area contributed by atoms with Crippen molar-refractivity contribution >= 4 is 5.78 Å². The Kier molecular flexibility index (Phi) is 8.73. The lowest BCUT2D eigenvalue weighted by atomic mass is 10.1. The second kappa shape index (κ2) is 9.30. The van der Waals surface area contributed by atoms with Crippen LogP contribution >= 0.6 is 0 Å². The molecular formula is C11H20O2. The van der Waals surface area contributed by atoms with Gasteiger partial charge in [-0.2, -0.15) is 0 Å². The van der Waals surface area contributed by atoms with Gasteiger partial charge in [-0.25, -0.2) is 0 Å². The summed E-state index contributed by atoms with van der Waals surface area (Å²) >= 11 is 0. The van der Waals surface area contributed by atoms with Crippen molar-refractivity contribution in [2.24, 2.45) is 0 Å². The highest BCUT2D eigenvalue weighted by molar-refractivity contribution is 5.78. The van der Waals surface area contributed by atoms with Crippen LogP contribution in [0.1, 0.15) is 51.9 Å². The zero-order chi connectivity index (χ0) is 9.94. The summed E-state index contributed by atoms with van der Waals surface area (Å²) in [5, 5.41) is 8.34. The second-order valence-electron chi connectivity index (χ2n) is 3.27. The molecule has 0 fully saturated rings. The fourth-order valence-electron chi connectivity index (χ4n) is 1.19. The molecule has 0 aromatic carbocycles. The van der Waals surface area contributed by atoms with E-state index in [2.05, 4.69) is 6.92 Å². The van der Waals surface area contributed by atoms with Crippen LogP contribution in [0.5, 0.6) is 0 Å². The quantitative estimate of drug-likeness (QED) is 0.464. The summed E-state index contributed by atoms with van der Waals surface area (Å²) in [5.74, 6) is 0.361. The van der Waals surface area contributed by atoms with Crippen molar-refractivity contribution in [3.05, 3.63) is 12.3 Å². The number of carbonyl (C=O) groups is 1. The Morgan fingerprint density at radius 1 is 1.23 bits per heavy atom. The van der Waals surface area contributed by atoms with Crippen LogP contribution in [0.25, 0.3) is 0 Å². The normalized spacial score (nSPS) is 10.8. The van der Waals surface area contributed by atoms with Gasteiger partial charge in [-0.15, -0.1) is 0 Å². The first-order valence-corrected chi connectivity index (χ1v) is 5.12. The predicted octanol–water partition coefficient (Wildman–Crippen LogP) is 3.38. The van der Waals surface area contributed by atoms with Crippen LogP contribution < -0.4 is 0 Å². The van der Waals surface area contributed by atoms with E-state index < -0.39 is 0 Å². The van der Waals surface area contributed by atoms with E-state index in [0.29, 0.717) is 12.2 Å². The van der Waals surface area contributed by atoms with E-state index in [1.54, 1.807) is 6.08 Å². The number of aliphatic hydroxyl groups is 1. The Morgan fingerprint density at radius 3 is 2.54 bits per heavy atom. The highest BCUT2D eigenvalue weighted by Gasteiger charge is 1.99. The first-order chi connectivity index (χ1) is 6.31. The van der Waals surface area contributed by atoms with Crippen molar-refractivity contribution in [1.29, 1.82) is 0 Å². The molecule has 0 bridgehead atoms. The number of allylic oxidation sites excluding steroid dienone is 1. The maximum Gasteiger partial charge on any atom is 0.132 e. The van der Waals surface area contributed by atoms with Gasteiger partial charge in [0.05, 0.1) is 6.26 Å². The Morgan fingerprint density at radius 2 is 1.92 bits per heavy atom. The monoisotopic (exact) mass is 184 g/mol. The van der Waals surface area contributed by atoms with Crippen molar-refractivity contribution in [2.45, 2.75) is 51.9 Å². The number of Topliss-reactive ketones (excluding diaryl/α,β-unsaturated/α-hetero) is 1. The van der Waals surface area contributed by atoms with E-state index in [-0.39, 0.29) is 0 Å². The van der Waals surface area contributed by atoms with Gasteiger partial charge >= 0.3 is 0 Å². The van der Waals surface area contributed by atoms with Gasteiger partial charge in [-0.05, 0) is 19.3 Å². The van der Waals surface area contributed by atoms with E-state index in [9.17, 15) is 4.79 Å². The zero-order valence-corrected chi connectivity index (χ0v) is 8.46. The number of aliphatic hydroxyl groups excluding tert-OH is 1. The number of unbranched alkanes of at least 4 members (excludes halogenated alkanes) is 3. The summed E-state index contributed by atoms with van der Waals surface area (Å²) in [7, 11) is 0. The molecule has 0 aliphatic heterocycles. The Labute approximate surface area is 80.7 Å². The Hall–Kier alpha value is -0.790. The molecule has 0 heterocycles. The van der Waals surface area contributed by atoms with E-state index in [1.807, 2.05) is 0 Å². The molecule has 13 heavy (non-hydrogen) atoms. The van der Waals surface area contributed by atoms with E-state index in [0.717, 1.165) is 38.4 Å². The van der Waals surface area contributed by atoms with E-state index in [4.69, 9.17) is 5.11 Å². The molecule has 1 N–H and O–H groups in total. The van der Waals surface area contributed by atoms with Crippen LogP contribution in [0.4, 0.5) is 0 Å². The zero-order valence-electron chi connectivity index (χ0n) is 8.46. The molecule has 0 radical (unpaired) electrons. The third-order valence-corrected chi connectivity index (χ3v) is 1.99. The highest BCUT2D eigenvalue weighted by Crippen LogP contribution is 2.05. The first kappa shape index (κ1) is 12.2. The second-order valence-corrected chi connectivity index (χ2v) is 3.27. The fraction of sp³-hybridized carbons (Fsp3) is 0.727. The fourth-order valence-corrected chi connectivity index (χ4v) is 1.19. The molecule has 0 aromatic heterocycles. The summed E-state index contributed by atoms with van der Waals surface area (Å²) in [6, 6.07) is 0. The van der Waals surface area contributed by atoms with Crippen molar-refractivity contribution in [1.82, 2.24) is 0 Å². The molecular weight excluding hydrogens is 164 g/mol. The van der Waals surface area contributed by atoms with Crippen LogP contribution in [0.2, 0.25) is 0 Å². The van der Waals surface area contributed by atoms with Gasteiger partial charge in [-0.1, -0.05) is 25.8 Å². The number of ketones is 1. The Bertz CT molecular complexity index is 150. The largest absolute Gasteiger partial charge is 0.516 e. The summed E-state index contributed by atoms with van der Waals surface area (Å²) in [6.45, 7) is 2.14. The summed E-state index contributed by atoms with van der Waals surface area (Å²) < 4.78 is 0. The molecule has 0 rings (SSSR count). The van der Waals surface area contributed by atoms with Crippen LogP contribution in [0, 0.1) is 0 Å². The van der Waals surface area contributed by atoms with Gasteiger partial charge in [0.2, 0.25) is 0 Å². The molecule has 0 aliphatic rings. The molecule has 0 atom stereocenters. The number of hydrogen-bond donors (Lipinski definition) is 1. The van der Waals surface area contributed by atoms with Gasteiger partial charge in [0.15, 0.2) is 0 Å². The van der Waals surface area contributed by atoms with Crippen molar-refractivity contribution in [3.8, 4) is 0 Å². The smallest absolute Gasteiger partial charge is 0.132 e. The maximum absolute atomic E-state index is 11.2. The van der Waals surface area contributed by atoms with Crippen LogP contribution in [-0.2, 0) is 4.79 Å². The lowest BCUT2D eigenvalue weighted by Crippen LogP contribution is -1.96. The third kappa shape index (κ3) is 9.12. The molecule has 0 aliphatic carbocycles. The number of hydrogen-bond acceptors (Lipinski definition) is 2. The molecule has 2 nitrogen and oxygen atoms in total. The standard InChI is InChI=1S/C11H20O2/c1-2-3-5-8-11(13)9-6-4-7-10-12/h7,10,12H,2-6,8-9H2,1H3. The van der Waals surface area contributed by atoms with Gasteiger partial charge in [-0.3, -0.25) is 4.79 Å². The van der Waals surface area contributed by atoms with Crippen LogP contribution in [0.15, 0.2) is 12.3 Å². The molecule has 0 saturated carbocycles. The molecule has 0 aromatic rings. The molecule has 2 heteroatoms. The lowest BCUT2D eigenvalue weighted by molar-refractivity contribution is -0.119. The van der Waals surface area contributed by atoms with Crippen LogP contribution in [0.3, 0.4) is 0 Å². The minimum atomic E-state index is 0.361. The van der Waals surface area contributed by atoms with Gasteiger partial charge in [0, 0.05) is 12.8 Å². The Balaban J connectivity index is 3.20.